The number of hydrogen-bond donors (Lipinski definition) is 0. The molecule has 4 aromatic rings. The highest BCUT2D eigenvalue weighted by atomic mass is 16.3. The lowest BCUT2D eigenvalue weighted by Crippen LogP contribution is -2.43. The maximum atomic E-state index is 6.39. The monoisotopic (exact) mass is 339 g/mol. The van der Waals surface area contributed by atoms with Crippen molar-refractivity contribution in [1.82, 2.24) is 4.98 Å². The maximum absolute atomic E-state index is 6.39. The molecule has 2 aliphatic heterocycles. The molecule has 1 saturated carbocycles. The number of fused-ring (bicyclic) bond motifs is 12. The van der Waals surface area contributed by atoms with E-state index in [-0.39, 0.29) is 0 Å². The van der Waals surface area contributed by atoms with Crippen molar-refractivity contribution in [3.8, 4) is 0 Å². The number of anilines is 3. The number of pyridine rings is 1. The van der Waals surface area contributed by atoms with Gasteiger partial charge in [-0.2, -0.15) is 0 Å². The van der Waals surface area contributed by atoms with Gasteiger partial charge < -0.3 is 9.32 Å². The van der Waals surface area contributed by atoms with E-state index >= 15 is 0 Å². The van der Waals surface area contributed by atoms with E-state index in [1.807, 2.05) is 18.3 Å². The topological polar surface area (TPSA) is 32.5 Å². The minimum atomic E-state index is 0.344. The predicted octanol–water partition coefficient (Wildman–Crippen LogP) is 5.01. The van der Waals surface area contributed by atoms with Crippen molar-refractivity contribution in [2.24, 2.45) is 5.92 Å². The van der Waals surface area contributed by atoms with Crippen LogP contribution in [0.2, 0.25) is 0 Å². The molecule has 0 amide bonds. The number of nitrogens with zero attached hydrogens (tertiary/aromatic N) is 3. The van der Waals surface area contributed by atoms with E-state index < -0.39 is 0 Å². The summed E-state index contributed by atoms with van der Waals surface area (Å²) in [6.07, 6.45) is 3.49. The van der Waals surface area contributed by atoms with Crippen molar-refractivity contribution in [2.45, 2.75) is 18.5 Å². The summed E-state index contributed by atoms with van der Waals surface area (Å²) in [6.45, 7) is 0. The van der Waals surface area contributed by atoms with Gasteiger partial charge in [0.1, 0.15) is 11.7 Å². The molecule has 4 nitrogen and oxygen atoms in total. The molecule has 4 heterocycles. The van der Waals surface area contributed by atoms with Crippen molar-refractivity contribution >= 4 is 39.1 Å². The Kier molecular flexibility index (Phi) is 2.14. The first-order chi connectivity index (χ1) is 12.8. The Bertz CT molecular complexity index is 1230. The third-order valence-electron chi connectivity index (χ3n) is 6.45. The fourth-order valence-corrected chi connectivity index (χ4v) is 5.25. The number of aromatic nitrogens is 1. The van der Waals surface area contributed by atoms with E-state index in [9.17, 15) is 0 Å². The van der Waals surface area contributed by atoms with Crippen LogP contribution in [-0.4, -0.2) is 18.2 Å². The second kappa shape index (κ2) is 4.21. The van der Waals surface area contributed by atoms with E-state index in [4.69, 9.17) is 9.40 Å². The maximum Gasteiger partial charge on any atom is 0.159 e. The van der Waals surface area contributed by atoms with Gasteiger partial charge in [0.25, 0.3) is 0 Å². The Morgan fingerprint density at radius 2 is 1.96 bits per heavy atom. The zero-order chi connectivity index (χ0) is 17.0. The van der Waals surface area contributed by atoms with Crippen LogP contribution in [0.15, 0.2) is 59.1 Å². The number of hydrogen-bond acceptors (Lipinski definition) is 4. The summed E-state index contributed by atoms with van der Waals surface area (Å²) in [5, 5.41) is 2.39. The van der Waals surface area contributed by atoms with E-state index in [0.717, 1.165) is 17.0 Å². The Balaban J connectivity index is 1.61. The average molecular weight is 339 g/mol. The van der Waals surface area contributed by atoms with Crippen molar-refractivity contribution in [3.05, 3.63) is 60.3 Å². The first-order valence-corrected chi connectivity index (χ1v) is 9.24. The van der Waals surface area contributed by atoms with Crippen molar-refractivity contribution < 1.29 is 4.42 Å². The van der Waals surface area contributed by atoms with Crippen molar-refractivity contribution in [2.75, 3.05) is 16.8 Å². The van der Waals surface area contributed by atoms with Gasteiger partial charge in [-0.05, 0) is 36.1 Å². The van der Waals surface area contributed by atoms with Gasteiger partial charge >= 0.3 is 0 Å². The summed E-state index contributed by atoms with van der Waals surface area (Å²) in [4.78, 5) is 9.58. The fraction of sp³-hybridized carbons (Fsp3) is 0.227. The molecule has 3 atom stereocenters. The molecule has 3 unspecified atom stereocenters. The fourth-order valence-electron chi connectivity index (χ4n) is 5.25. The Morgan fingerprint density at radius 1 is 1.04 bits per heavy atom. The summed E-state index contributed by atoms with van der Waals surface area (Å²) < 4.78 is 6.39. The van der Waals surface area contributed by atoms with E-state index in [2.05, 4.69) is 53.2 Å². The van der Waals surface area contributed by atoms with Gasteiger partial charge in [-0.1, -0.05) is 30.3 Å². The van der Waals surface area contributed by atoms with Crippen LogP contribution in [0.25, 0.3) is 21.9 Å². The van der Waals surface area contributed by atoms with Crippen LogP contribution in [0.4, 0.5) is 17.2 Å². The van der Waals surface area contributed by atoms with Crippen LogP contribution in [0, 0.1) is 5.92 Å². The van der Waals surface area contributed by atoms with Crippen LogP contribution in [0.3, 0.4) is 0 Å². The molecular weight excluding hydrogens is 322 g/mol. The van der Waals surface area contributed by atoms with Gasteiger partial charge in [0.15, 0.2) is 11.4 Å². The smallest absolute Gasteiger partial charge is 0.159 e. The average Bonchev–Trinajstić information content (AvgIpc) is 3.31. The predicted molar refractivity (Wildman–Crippen MR) is 103 cm³/mol. The lowest BCUT2D eigenvalue weighted by atomic mass is 9.97. The Labute approximate surface area is 150 Å². The van der Waals surface area contributed by atoms with Crippen LogP contribution < -0.4 is 9.80 Å². The first kappa shape index (κ1) is 13.2. The molecule has 0 bridgehead atoms. The van der Waals surface area contributed by atoms with Crippen molar-refractivity contribution in [1.29, 1.82) is 0 Å². The van der Waals surface area contributed by atoms with Gasteiger partial charge in [-0.15, -0.1) is 0 Å². The summed E-state index contributed by atoms with van der Waals surface area (Å²) in [7, 11) is 2.20. The van der Waals surface area contributed by atoms with Crippen LogP contribution in [0.1, 0.15) is 17.9 Å². The molecule has 2 aromatic carbocycles. The SMILES string of the molecule is CN1c2cccnc2N2c3c(ccc4c3oc3ccccc34)C3CC3C12. The zero-order valence-corrected chi connectivity index (χ0v) is 14.4. The molecule has 0 radical (unpaired) electrons. The largest absolute Gasteiger partial charge is 0.454 e. The standard InChI is InChI=1S/C22H17N3O/c1-24-17-6-4-10-23-21(17)25-19-13(15-11-16(15)22(24)25)8-9-14-12-5-2-3-7-18(12)26-20(14)19/h2-10,15-16,22H,11H2,1H3. The summed E-state index contributed by atoms with van der Waals surface area (Å²) >= 11 is 0. The normalized spacial score (nSPS) is 25.2. The molecule has 7 rings (SSSR count). The van der Waals surface area contributed by atoms with Crippen LogP contribution >= 0.6 is 0 Å². The number of benzene rings is 2. The van der Waals surface area contributed by atoms with E-state index in [0.29, 0.717) is 18.0 Å². The van der Waals surface area contributed by atoms with Crippen LogP contribution in [0.5, 0.6) is 0 Å². The third-order valence-corrected chi connectivity index (χ3v) is 6.45. The van der Waals surface area contributed by atoms with Gasteiger partial charge in [-0.3, -0.25) is 4.90 Å². The number of para-hydroxylation sites is 1. The van der Waals surface area contributed by atoms with Crippen LogP contribution in [-0.2, 0) is 0 Å². The molecule has 2 aromatic heterocycles. The summed E-state index contributed by atoms with van der Waals surface area (Å²) in [5.41, 5.74) is 5.82. The number of rotatable bonds is 0. The van der Waals surface area contributed by atoms with E-state index in [1.165, 1.54) is 34.1 Å². The first-order valence-electron chi connectivity index (χ1n) is 9.24. The lowest BCUT2D eigenvalue weighted by Gasteiger charge is -2.35. The molecule has 3 aliphatic rings. The highest BCUT2D eigenvalue weighted by molar-refractivity contribution is 6.11. The van der Waals surface area contributed by atoms with Gasteiger partial charge in [0, 0.05) is 29.9 Å². The highest BCUT2D eigenvalue weighted by Gasteiger charge is 2.57. The molecule has 1 fully saturated rings. The third kappa shape index (κ3) is 1.38. The quantitative estimate of drug-likeness (QED) is 0.451. The zero-order valence-electron chi connectivity index (χ0n) is 14.4. The minimum absolute atomic E-state index is 0.344. The molecule has 1 aliphatic carbocycles. The van der Waals surface area contributed by atoms with Gasteiger partial charge in [0.05, 0.1) is 11.4 Å². The van der Waals surface area contributed by atoms with Gasteiger partial charge in [-0.25, -0.2) is 4.98 Å². The molecule has 0 spiro atoms. The second-order valence-electron chi connectivity index (χ2n) is 7.73. The molecule has 0 saturated heterocycles. The molecule has 26 heavy (non-hydrogen) atoms. The lowest BCUT2D eigenvalue weighted by molar-refractivity contribution is 0.558. The molecular formula is C22H17N3O. The summed E-state index contributed by atoms with van der Waals surface area (Å²) in [5.74, 6) is 2.36. The van der Waals surface area contributed by atoms with Gasteiger partial charge in [0.2, 0.25) is 0 Å². The molecule has 0 N–H and O–H groups in total. The minimum Gasteiger partial charge on any atom is -0.454 e. The summed E-state index contributed by atoms with van der Waals surface area (Å²) in [6, 6.07) is 17.1. The Morgan fingerprint density at radius 3 is 2.92 bits per heavy atom. The molecule has 4 heteroatoms. The highest BCUT2D eigenvalue weighted by Crippen LogP contribution is 2.64. The Hall–Kier alpha value is -3.01. The van der Waals surface area contributed by atoms with E-state index in [1.54, 1.807) is 0 Å². The second-order valence-corrected chi connectivity index (χ2v) is 7.73. The van der Waals surface area contributed by atoms with Crippen molar-refractivity contribution in [3.63, 3.8) is 0 Å². The molecule has 126 valence electrons. The number of furan rings is 1.